The van der Waals surface area contributed by atoms with Crippen LogP contribution in [-0.2, 0) is 57.2 Å². The minimum absolute atomic E-state index is 0.00921. The van der Waals surface area contributed by atoms with Crippen LogP contribution in [0.4, 0.5) is 0 Å². The van der Waals surface area contributed by atoms with Gasteiger partial charge in [0.15, 0.2) is 0 Å². The van der Waals surface area contributed by atoms with Gasteiger partial charge in [-0.25, -0.2) is 0 Å². The molecule has 12 nitrogen and oxygen atoms in total. The Kier molecular flexibility index (Phi) is 33.2. The quantitative estimate of drug-likeness (QED) is 0.0728. The van der Waals surface area contributed by atoms with E-state index in [1.807, 2.05) is 104 Å². The van der Waals surface area contributed by atoms with Crippen LogP contribution in [0.5, 0.6) is 0 Å². The van der Waals surface area contributed by atoms with Gasteiger partial charge in [0.2, 0.25) is 0 Å². The van der Waals surface area contributed by atoms with Crippen LogP contribution >= 0.6 is 0 Å². The van der Waals surface area contributed by atoms with Gasteiger partial charge in [-0.15, -0.1) is 0 Å². The molecule has 11 atom stereocenters. The molecule has 0 heterocycles. The maximum absolute atomic E-state index is 12.5. The molecule has 10 rings (SSSR count). The summed E-state index contributed by atoms with van der Waals surface area (Å²) >= 11 is 0. The molecule has 6 bridgehead atoms. The van der Waals surface area contributed by atoms with E-state index in [1.54, 1.807) is 0 Å². The van der Waals surface area contributed by atoms with E-state index in [9.17, 15) is 28.8 Å². The number of carbonyl (C=O) groups is 6. The summed E-state index contributed by atoms with van der Waals surface area (Å²) in [5.41, 5.74) is -2.95. The van der Waals surface area contributed by atoms with Gasteiger partial charge in [-0.05, 0) is 352 Å². The smallest absolute Gasteiger partial charge is 0.312 e. The van der Waals surface area contributed by atoms with Crippen molar-refractivity contribution < 1.29 is 57.2 Å². The van der Waals surface area contributed by atoms with Gasteiger partial charge in [0.1, 0.15) is 33.6 Å². The SMILES string of the molecule is CCC(C)(C)C(=O)OC1(C)CC2CC1C1CCCC21.CCC(C)(C)C(=O)OC1(C)CC2CCC1(C)C2(C)C.CCC(C)(C)C(=O)OC1(C)CC2CCC1C2.CCC(C)(C)C(=O)OC1(C)CCCCCC1.CCC(C)(C)C(=O)OC1(C)CCCCCCC1.CCC(C)(C)C(=O)OC1(C)CCCCCCCCC1. The fourth-order valence-electron chi connectivity index (χ4n) is 19.4. The van der Waals surface area contributed by atoms with Crippen LogP contribution in [-0.4, -0.2) is 69.4 Å². The molecule has 0 saturated heterocycles. The highest BCUT2D eigenvalue weighted by atomic mass is 16.6. The van der Waals surface area contributed by atoms with E-state index in [-0.39, 0.29) is 113 Å². The van der Waals surface area contributed by atoms with E-state index in [2.05, 4.69) is 83.1 Å². The number of hydrogen-bond donors (Lipinski definition) is 0. The van der Waals surface area contributed by atoms with Crippen molar-refractivity contribution in [3.05, 3.63) is 0 Å². The zero-order chi connectivity index (χ0) is 80.0. The number of fused-ring (bicyclic) bond motifs is 9. The summed E-state index contributed by atoms with van der Waals surface area (Å²) in [6, 6.07) is 0. The molecule has 0 amide bonds. The zero-order valence-corrected chi connectivity index (χ0v) is 74.2. The lowest BCUT2D eigenvalue weighted by Crippen LogP contribution is -2.49. The maximum Gasteiger partial charge on any atom is 0.312 e. The summed E-state index contributed by atoms with van der Waals surface area (Å²) in [5, 5.41) is 0. The summed E-state index contributed by atoms with van der Waals surface area (Å²) in [7, 11) is 0. The van der Waals surface area contributed by atoms with E-state index in [0.29, 0.717) is 17.8 Å². The minimum atomic E-state index is -0.370. The van der Waals surface area contributed by atoms with E-state index >= 15 is 0 Å². The number of esters is 6. The monoisotopic (exact) mass is 1490 g/mol. The molecular weight excluding hydrogens is 1320 g/mol. The normalized spacial score (nSPS) is 31.4. The third kappa shape index (κ3) is 23.7. The van der Waals surface area contributed by atoms with Crippen molar-refractivity contribution >= 4 is 35.8 Å². The van der Waals surface area contributed by atoms with Crippen LogP contribution in [0.15, 0.2) is 0 Å². The van der Waals surface area contributed by atoms with E-state index in [1.165, 1.54) is 161 Å². The van der Waals surface area contributed by atoms with Gasteiger partial charge in [-0.1, -0.05) is 133 Å². The van der Waals surface area contributed by atoms with Gasteiger partial charge in [0.05, 0.1) is 32.5 Å². The predicted molar refractivity (Wildman–Crippen MR) is 435 cm³/mol. The highest BCUT2D eigenvalue weighted by molar-refractivity contribution is 5.79. The van der Waals surface area contributed by atoms with E-state index in [0.717, 1.165) is 120 Å². The second-order valence-corrected chi connectivity index (χ2v) is 42.3. The first-order valence-electron chi connectivity index (χ1n) is 44.3. The van der Waals surface area contributed by atoms with Crippen molar-refractivity contribution in [1.82, 2.24) is 0 Å². The molecule has 0 N–H and O–H groups in total. The molecule has 616 valence electrons. The largest absolute Gasteiger partial charge is 0.459 e. The number of carbonyl (C=O) groups excluding carboxylic acids is 6. The van der Waals surface area contributed by atoms with Gasteiger partial charge in [0, 0.05) is 11.3 Å². The molecular formula is C94H168O12. The zero-order valence-electron chi connectivity index (χ0n) is 74.2. The molecule has 0 spiro atoms. The molecule has 0 radical (unpaired) electrons. The lowest BCUT2D eigenvalue weighted by molar-refractivity contribution is -0.185. The molecule has 0 aromatic rings. The first kappa shape index (κ1) is 93.4. The lowest BCUT2D eigenvalue weighted by atomic mass is 9.65. The van der Waals surface area contributed by atoms with Crippen molar-refractivity contribution in [3.8, 4) is 0 Å². The Balaban J connectivity index is 0.000000229. The van der Waals surface area contributed by atoms with Crippen LogP contribution < -0.4 is 0 Å². The molecule has 0 aliphatic heterocycles. The Labute approximate surface area is 651 Å². The summed E-state index contributed by atoms with van der Waals surface area (Å²) < 4.78 is 35.5. The molecule has 0 aromatic heterocycles. The molecule has 10 aliphatic rings. The summed E-state index contributed by atoms with van der Waals surface area (Å²) in [5.74, 6) is 5.31. The minimum Gasteiger partial charge on any atom is -0.459 e. The van der Waals surface area contributed by atoms with Crippen LogP contribution in [0.25, 0.3) is 0 Å². The lowest BCUT2D eigenvalue weighted by Gasteiger charge is -2.46. The van der Waals surface area contributed by atoms with Gasteiger partial charge in [-0.3, -0.25) is 28.8 Å². The third-order valence-electron chi connectivity index (χ3n) is 31.2. The third-order valence-corrected chi connectivity index (χ3v) is 31.2. The van der Waals surface area contributed by atoms with Crippen LogP contribution in [0.1, 0.15) is 444 Å². The number of ether oxygens (including phenoxy) is 6. The Bertz CT molecular complexity index is 2790. The summed E-state index contributed by atoms with van der Waals surface area (Å²) in [6.45, 7) is 56.0. The topological polar surface area (TPSA) is 158 Å². The Morgan fingerprint density at radius 2 is 0.613 bits per heavy atom. The second kappa shape index (κ2) is 37.6. The van der Waals surface area contributed by atoms with E-state index in [4.69, 9.17) is 28.4 Å². The molecule has 0 aromatic carbocycles. The molecule has 10 fully saturated rings. The Hall–Kier alpha value is -3.18. The predicted octanol–water partition coefficient (Wildman–Crippen LogP) is 26.1. The van der Waals surface area contributed by atoms with Gasteiger partial charge >= 0.3 is 35.8 Å². The average molecular weight is 1490 g/mol. The first-order valence-corrected chi connectivity index (χ1v) is 44.3. The van der Waals surface area contributed by atoms with Gasteiger partial charge in [-0.2, -0.15) is 0 Å². The summed E-state index contributed by atoms with van der Waals surface area (Å²) in [6.07, 6.45) is 46.5. The van der Waals surface area contributed by atoms with Gasteiger partial charge in [0.25, 0.3) is 0 Å². The van der Waals surface area contributed by atoms with E-state index < -0.39 is 0 Å². The fourth-order valence-corrected chi connectivity index (χ4v) is 19.4. The number of hydrogen-bond acceptors (Lipinski definition) is 12. The molecule has 12 heteroatoms. The molecule has 11 unspecified atom stereocenters. The average Bonchev–Trinajstić information content (AvgIpc) is 1.54. The van der Waals surface area contributed by atoms with Crippen LogP contribution in [0.2, 0.25) is 0 Å². The molecule has 10 aliphatic carbocycles. The van der Waals surface area contributed by atoms with Crippen molar-refractivity contribution in [2.24, 2.45) is 84.7 Å². The summed E-state index contributed by atoms with van der Waals surface area (Å²) in [4.78, 5) is 73.5. The fraction of sp³-hybridized carbons (Fsp3) is 0.936. The van der Waals surface area contributed by atoms with Crippen molar-refractivity contribution in [2.75, 3.05) is 0 Å². The van der Waals surface area contributed by atoms with Gasteiger partial charge < -0.3 is 28.4 Å². The number of rotatable bonds is 18. The van der Waals surface area contributed by atoms with Crippen molar-refractivity contribution in [1.29, 1.82) is 0 Å². The first-order chi connectivity index (χ1) is 48.9. The Morgan fingerprint density at radius 3 is 0.906 bits per heavy atom. The van der Waals surface area contributed by atoms with Crippen molar-refractivity contribution in [3.63, 3.8) is 0 Å². The molecule has 10 saturated carbocycles. The standard InChI is InChI=1S/C17H28O2.C17H30O2.C17H32O2.C15H28O2.C14H24O2.C14H26O2/c1-5-16(2,3)15(18)19-17(4)10-11-9-14(17)13-8-6-7-12(11)13;1-8-14(2,3)13(18)19-17(7)11-12-9-10-16(17,6)15(12,4)5;1-5-16(2,3)15(18)19-17(4)13-11-9-7-6-8-10-12-14-17;1-5-14(2,3)13(16)17-15(4)11-9-7-6-8-10-12-15;1-5-13(2,3)12(15)16-14(4)9-10-6-7-11(14)8-10;1-5-13(2,3)12(15)16-14(4)10-8-6-7-9-11-14/h11-14H,5-10H2,1-4H3;12H,8-11H2,1-7H3;5-14H2,1-4H3;5-12H2,1-4H3;10-11H,5-9H2,1-4H3;5-11H2,1-4H3. The van der Waals surface area contributed by atoms with Crippen LogP contribution in [0.3, 0.4) is 0 Å². The van der Waals surface area contributed by atoms with Crippen molar-refractivity contribution in [2.45, 2.75) is 477 Å². The second-order valence-electron chi connectivity index (χ2n) is 42.3. The highest BCUT2D eigenvalue weighted by Gasteiger charge is 2.69. The molecule has 106 heavy (non-hydrogen) atoms. The van der Waals surface area contributed by atoms with Crippen LogP contribution in [0, 0.1) is 84.7 Å². The highest BCUT2D eigenvalue weighted by Crippen LogP contribution is 2.71. The Morgan fingerprint density at radius 1 is 0.302 bits per heavy atom. The maximum atomic E-state index is 12.5.